The second-order valence-electron chi connectivity index (χ2n) is 7.71. The summed E-state index contributed by atoms with van der Waals surface area (Å²) in [5.74, 6) is -1.84. The molecule has 180 valence electrons. The fraction of sp³-hybridized carbons (Fsp3) is 0.125. The molecule has 3 amide bonds. The molecular weight excluding hydrogens is 475 g/mol. The SMILES string of the molecule is O=C1CN(S(=O)(=O)c2ccc(C(=O)Nc3cccc(C(=O)Nc4cccc(F)c4)c3)cc2)CCN1. The maximum atomic E-state index is 13.3. The number of nitrogens with zero attached hydrogens (tertiary/aromatic N) is 1. The largest absolute Gasteiger partial charge is 0.354 e. The van der Waals surface area contributed by atoms with Crippen LogP contribution in [0.2, 0.25) is 0 Å². The van der Waals surface area contributed by atoms with Crippen LogP contribution in [0.5, 0.6) is 0 Å². The highest BCUT2D eigenvalue weighted by Crippen LogP contribution is 2.19. The number of carbonyl (C=O) groups is 3. The van der Waals surface area contributed by atoms with Crippen LogP contribution in [0.15, 0.2) is 77.7 Å². The van der Waals surface area contributed by atoms with E-state index in [1.807, 2.05) is 0 Å². The Balaban J connectivity index is 1.43. The first kappa shape index (κ1) is 24.0. The monoisotopic (exact) mass is 496 g/mol. The Hall–Kier alpha value is -4.09. The van der Waals surface area contributed by atoms with Crippen LogP contribution in [-0.4, -0.2) is 50.1 Å². The van der Waals surface area contributed by atoms with Crippen molar-refractivity contribution in [2.24, 2.45) is 0 Å². The maximum absolute atomic E-state index is 13.3. The molecule has 1 aliphatic rings. The molecule has 0 atom stereocenters. The number of rotatable bonds is 6. The summed E-state index contributed by atoms with van der Waals surface area (Å²) in [5.41, 5.74) is 1.09. The summed E-state index contributed by atoms with van der Waals surface area (Å²) in [6, 6.07) is 17.0. The van der Waals surface area contributed by atoms with Gasteiger partial charge in [-0.2, -0.15) is 4.31 Å². The second-order valence-corrected chi connectivity index (χ2v) is 9.65. The fourth-order valence-corrected chi connectivity index (χ4v) is 4.86. The van der Waals surface area contributed by atoms with Crippen LogP contribution in [0.25, 0.3) is 0 Å². The van der Waals surface area contributed by atoms with Crippen molar-refractivity contribution in [2.75, 3.05) is 30.3 Å². The molecule has 1 fully saturated rings. The van der Waals surface area contributed by atoms with E-state index in [1.165, 1.54) is 48.5 Å². The molecule has 1 saturated heterocycles. The molecule has 35 heavy (non-hydrogen) atoms. The van der Waals surface area contributed by atoms with E-state index in [2.05, 4.69) is 16.0 Å². The number of sulfonamides is 1. The predicted octanol–water partition coefficient (Wildman–Crippen LogP) is 2.45. The Labute approximate surface area is 201 Å². The summed E-state index contributed by atoms with van der Waals surface area (Å²) >= 11 is 0. The van der Waals surface area contributed by atoms with E-state index in [1.54, 1.807) is 24.3 Å². The Morgan fingerprint density at radius 2 is 1.49 bits per heavy atom. The van der Waals surface area contributed by atoms with Crippen LogP contribution in [0.4, 0.5) is 15.8 Å². The minimum Gasteiger partial charge on any atom is -0.354 e. The number of hydrogen-bond acceptors (Lipinski definition) is 5. The molecule has 9 nitrogen and oxygen atoms in total. The Kier molecular flexibility index (Phi) is 6.90. The molecule has 0 bridgehead atoms. The van der Waals surface area contributed by atoms with E-state index < -0.39 is 27.7 Å². The van der Waals surface area contributed by atoms with Crippen molar-refractivity contribution in [1.29, 1.82) is 0 Å². The quantitative estimate of drug-likeness (QED) is 0.484. The lowest BCUT2D eigenvalue weighted by Crippen LogP contribution is -2.49. The zero-order valence-corrected chi connectivity index (χ0v) is 19.1. The van der Waals surface area contributed by atoms with Gasteiger partial charge in [0, 0.05) is 35.6 Å². The summed E-state index contributed by atoms with van der Waals surface area (Å²) in [5, 5.41) is 7.82. The molecule has 0 radical (unpaired) electrons. The van der Waals surface area contributed by atoms with Crippen LogP contribution < -0.4 is 16.0 Å². The second kappa shape index (κ2) is 10.0. The summed E-state index contributed by atoms with van der Waals surface area (Å²) in [6.45, 7) is 0.144. The van der Waals surface area contributed by atoms with Gasteiger partial charge in [0.15, 0.2) is 0 Å². The van der Waals surface area contributed by atoms with Crippen LogP contribution in [0.3, 0.4) is 0 Å². The summed E-state index contributed by atoms with van der Waals surface area (Å²) in [7, 11) is -3.87. The third-order valence-electron chi connectivity index (χ3n) is 5.22. The zero-order valence-electron chi connectivity index (χ0n) is 18.3. The maximum Gasteiger partial charge on any atom is 0.255 e. The van der Waals surface area contributed by atoms with E-state index in [9.17, 15) is 27.2 Å². The number of piperazine rings is 1. The highest BCUT2D eigenvalue weighted by atomic mass is 32.2. The minimum absolute atomic E-state index is 0.0280. The summed E-state index contributed by atoms with van der Waals surface area (Å²) in [6.07, 6.45) is 0. The third-order valence-corrected chi connectivity index (χ3v) is 7.08. The number of hydrogen-bond donors (Lipinski definition) is 3. The number of amides is 3. The van der Waals surface area contributed by atoms with Crippen molar-refractivity contribution >= 4 is 39.1 Å². The number of anilines is 2. The smallest absolute Gasteiger partial charge is 0.255 e. The van der Waals surface area contributed by atoms with E-state index in [4.69, 9.17) is 0 Å². The Bertz CT molecular complexity index is 1390. The van der Waals surface area contributed by atoms with E-state index in [-0.39, 0.29) is 41.6 Å². The standard InChI is InChI=1S/C24H21FN4O5S/c25-18-4-2-6-20(14-18)28-24(32)17-3-1-5-19(13-17)27-23(31)16-7-9-21(10-8-16)35(33,34)29-12-11-26-22(30)15-29/h1-10,13-14H,11-12,15H2,(H,26,30)(H,27,31)(H,28,32). The average molecular weight is 497 g/mol. The van der Waals surface area contributed by atoms with Gasteiger partial charge in [-0.05, 0) is 60.7 Å². The van der Waals surface area contributed by atoms with E-state index in [0.29, 0.717) is 11.4 Å². The van der Waals surface area contributed by atoms with Gasteiger partial charge in [0.1, 0.15) is 5.82 Å². The van der Waals surface area contributed by atoms with Crippen molar-refractivity contribution in [3.63, 3.8) is 0 Å². The number of nitrogens with one attached hydrogen (secondary N) is 3. The highest BCUT2D eigenvalue weighted by Gasteiger charge is 2.29. The molecule has 0 aliphatic carbocycles. The molecule has 1 heterocycles. The van der Waals surface area contributed by atoms with Crippen molar-refractivity contribution in [3.05, 3.63) is 89.7 Å². The van der Waals surface area contributed by atoms with Gasteiger partial charge in [-0.1, -0.05) is 12.1 Å². The molecule has 1 aliphatic heterocycles. The van der Waals surface area contributed by atoms with Crippen LogP contribution >= 0.6 is 0 Å². The summed E-state index contributed by atoms with van der Waals surface area (Å²) < 4.78 is 39.9. The molecule has 0 unspecified atom stereocenters. The first-order chi connectivity index (χ1) is 16.7. The lowest BCUT2D eigenvalue weighted by atomic mass is 10.1. The molecule has 11 heteroatoms. The van der Waals surface area contributed by atoms with Crippen LogP contribution in [0, 0.1) is 5.82 Å². The van der Waals surface area contributed by atoms with E-state index in [0.717, 1.165) is 4.31 Å². The van der Waals surface area contributed by atoms with Crippen molar-refractivity contribution in [2.45, 2.75) is 4.90 Å². The van der Waals surface area contributed by atoms with Crippen molar-refractivity contribution in [1.82, 2.24) is 9.62 Å². The molecule has 3 aromatic carbocycles. The number of carbonyl (C=O) groups excluding carboxylic acids is 3. The van der Waals surface area contributed by atoms with Crippen molar-refractivity contribution < 1.29 is 27.2 Å². The third kappa shape index (κ3) is 5.70. The highest BCUT2D eigenvalue weighted by molar-refractivity contribution is 7.89. The Morgan fingerprint density at radius 1 is 0.857 bits per heavy atom. The molecule has 4 rings (SSSR count). The fourth-order valence-electron chi connectivity index (χ4n) is 3.46. The van der Waals surface area contributed by atoms with E-state index >= 15 is 0 Å². The van der Waals surface area contributed by atoms with Gasteiger partial charge in [0.25, 0.3) is 11.8 Å². The molecule has 0 aromatic heterocycles. The van der Waals surface area contributed by atoms with Gasteiger partial charge in [0.05, 0.1) is 11.4 Å². The molecular formula is C24H21FN4O5S. The first-order valence-corrected chi connectivity index (χ1v) is 12.0. The predicted molar refractivity (Wildman–Crippen MR) is 127 cm³/mol. The molecule has 0 spiro atoms. The minimum atomic E-state index is -3.87. The average Bonchev–Trinajstić information content (AvgIpc) is 2.84. The molecule has 0 saturated carbocycles. The lowest BCUT2D eigenvalue weighted by Gasteiger charge is -2.25. The molecule has 3 aromatic rings. The first-order valence-electron chi connectivity index (χ1n) is 10.6. The number of benzene rings is 3. The van der Waals surface area contributed by atoms with Gasteiger partial charge >= 0.3 is 0 Å². The summed E-state index contributed by atoms with van der Waals surface area (Å²) in [4.78, 5) is 36.6. The van der Waals surface area contributed by atoms with Gasteiger partial charge in [-0.15, -0.1) is 0 Å². The topological polar surface area (TPSA) is 125 Å². The zero-order chi connectivity index (χ0) is 25.0. The van der Waals surface area contributed by atoms with Crippen LogP contribution in [0.1, 0.15) is 20.7 Å². The van der Waals surface area contributed by atoms with Gasteiger partial charge < -0.3 is 16.0 Å². The normalized spacial score (nSPS) is 14.1. The Morgan fingerprint density at radius 3 is 2.14 bits per heavy atom. The number of halogens is 1. The van der Waals surface area contributed by atoms with Crippen LogP contribution in [-0.2, 0) is 14.8 Å². The van der Waals surface area contributed by atoms with Gasteiger partial charge in [-0.3, -0.25) is 14.4 Å². The molecule has 3 N–H and O–H groups in total. The van der Waals surface area contributed by atoms with Gasteiger partial charge in [0.2, 0.25) is 15.9 Å². The lowest BCUT2D eigenvalue weighted by molar-refractivity contribution is -0.122. The van der Waals surface area contributed by atoms with Gasteiger partial charge in [-0.25, -0.2) is 12.8 Å². The van der Waals surface area contributed by atoms with Crippen molar-refractivity contribution in [3.8, 4) is 0 Å².